The van der Waals surface area contributed by atoms with Gasteiger partial charge in [-0.1, -0.05) is 36.4 Å². The fourth-order valence-corrected chi connectivity index (χ4v) is 2.04. The number of urea groups is 1. The topological polar surface area (TPSA) is 61.8 Å². The van der Waals surface area contributed by atoms with Gasteiger partial charge >= 0.3 is 6.03 Å². The van der Waals surface area contributed by atoms with Crippen molar-refractivity contribution in [2.24, 2.45) is 0 Å². The van der Waals surface area contributed by atoms with Gasteiger partial charge in [-0.15, -0.1) is 0 Å². The van der Waals surface area contributed by atoms with E-state index < -0.39 is 17.4 Å². The second kappa shape index (κ2) is 8.49. The van der Waals surface area contributed by atoms with Crippen LogP contribution >= 0.6 is 0 Å². The summed E-state index contributed by atoms with van der Waals surface area (Å²) in [4.78, 5) is 11.8. The third kappa shape index (κ3) is 5.60. The van der Waals surface area contributed by atoms with Crippen molar-refractivity contribution < 1.29 is 19.1 Å². The molecule has 0 heterocycles. The molecule has 2 N–H and O–H groups in total. The lowest BCUT2D eigenvalue weighted by molar-refractivity contribution is -0.106. The maximum atomic E-state index is 13.9. The van der Waals surface area contributed by atoms with Crippen LogP contribution in [0.25, 0.3) is 6.08 Å². The summed E-state index contributed by atoms with van der Waals surface area (Å²) >= 11 is 0. The van der Waals surface area contributed by atoms with Gasteiger partial charge in [0.2, 0.25) is 0 Å². The van der Waals surface area contributed by atoms with Crippen molar-refractivity contribution in [1.82, 2.24) is 10.4 Å². The molecule has 2 amide bonds. The van der Waals surface area contributed by atoms with E-state index in [0.717, 1.165) is 5.56 Å². The van der Waals surface area contributed by atoms with Crippen LogP contribution in [0, 0.1) is 5.82 Å². The number of carbonyl (C=O) groups is 1. The molecule has 0 saturated heterocycles. The van der Waals surface area contributed by atoms with E-state index in [1.54, 1.807) is 57.2 Å². The fourth-order valence-electron chi connectivity index (χ4n) is 2.04. The molecule has 6 heteroatoms. The van der Waals surface area contributed by atoms with Crippen molar-refractivity contribution in [2.45, 2.75) is 26.3 Å². The summed E-state index contributed by atoms with van der Waals surface area (Å²) in [6.07, 6.45) is 3.43. The number of benzene rings is 2. The molecule has 0 aromatic heterocycles. The zero-order chi connectivity index (χ0) is 19.2. The standard InChI is InChI=1S/C20H23FN2O3/c1-20(2,3)23(25)19(24)22-13-7-8-15-11-12-17(21)18(14-15)26-16-9-5-4-6-10-16/h4-12,14,25H,13H2,1-3H3,(H,22,24). The molecular weight excluding hydrogens is 335 g/mol. The number of hydrogen-bond acceptors (Lipinski definition) is 3. The first-order valence-corrected chi connectivity index (χ1v) is 8.23. The number of para-hydroxylation sites is 1. The minimum Gasteiger partial charge on any atom is -0.454 e. The molecule has 0 aliphatic rings. The van der Waals surface area contributed by atoms with Gasteiger partial charge in [0.05, 0.1) is 5.54 Å². The highest BCUT2D eigenvalue weighted by Gasteiger charge is 2.24. The summed E-state index contributed by atoms with van der Waals surface area (Å²) in [6, 6.07) is 12.9. The molecule has 0 unspecified atom stereocenters. The van der Waals surface area contributed by atoms with Crippen LogP contribution in [-0.4, -0.2) is 28.4 Å². The van der Waals surface area contributed by atoms with Crippen molar-refractivity contribution in [2.75, 3.05) is 6.54 Å². The Morgan fingerprint density at radius 2 is 1.92 bits per heavy atom. The van der Waals surface area contributed by atoms with Gasteiger partial charge in [0.1, 0.15) is 5.75 Å². The van der Waals surface area contributed by atoms with Crippen LogP contribution in [0.2, 0.25) is 0 Å². The van der Waals surface area contributed by atoms with Crippen molar-refractivity contribution >= 4 is 12.1 Å². The molecule has 138 valence electrons. The number of hydroxylamine groups is 2. The Balaban J connectivity index is 1.96. The van der Waals surface area contributed by atoms with Crippen LogP contribution in [0.3, 0.4) is 0 Å². The number of hydrogen-bond donors (Lipinski definition) is 2. The molecule has 2 aromatic rings. The van der Waals surface area contributed by atoms with Crippen LogP contribution in [0.15, 0.2) is 54.6 Å². The molecule has 26 heavy (non-hydrogen) atoms. The maximum Gasteiger partial charge on any atom is 0.341 e. The van der Waals surface area contributed by atoms with E-state index in [1.807, 2.05) is 18.2 Å². The molecule has 2 aromatic carbocycles. The van der Waals surface area contributed by atoms with Gasteiger partial charge in [-0.25, -0.2) is 14.2 Å². The van der Waals surface area contributed by atoms with Crippen molar-refractivity contribution in [1.29, 1.82) is 0 Å². The minimum absolute atomic E-state index is 0.122. The normalized spacial score (nSPS) is 11.4. The van der Waals surface area contributed by atoms with Crippen molar-refractivity contribution in [3.8, 4) is 11.5 Å². The molecule has 0 spiro atoms. The van der Waals surface area contributed by atoms with E-state index in [9.17, 15) is 14.4 Å². The third-order valence-electron chi connectivity index (χ3n) is 3.44. The lowest BCUT2D eigenvalue weighted by Crippen LogP contribution is -2.48. The highest BCUT2D eigenvalue weighted by atomic mass is 19.1. The Bertz CT molecular complexity index is 770. The van der Waals surface area contributed by atoms with Gasteiger partial charge < -0.3 is 10.1 Å². The Labute approximate surface area is 152 Å². The molecule has 0 radical (unpaired) electrons. The molecule has 2 rings (SSSR count). The molecule has 0 fully saturated rings. The number of rotatable bonds is 5. The highest BCUT2D eigenvalue weighted by molar-refractivity contribution is 5.73. The van der Waals surface area contributed by atoms with Gasteiger partial charge in [0, 0.05) is 6.54 Å². The number of nitrogens with one attached hydrogen (secondary N) is 1. The molecular formula is C20H23FN2O3. The summed E-state index contributed by atoms with van der Waals surface area (Å²) in [5, 5.41) is 12.9. The van der Waals surface area contributed by atoms with Gasteiger partial charge in [-0.2, -0.15) is 0 Å². The monoisotopic (exact) mass is 358 g/mol. The fraction of sp³-hybridized carbons (Fsp3) is 0.250. The summed E-state index contributed by atoms with van der Waals surface area (Å²) in [6.45, 7) is 5.37. The van der Waals surface area contributed by atoms with Crippen LogP contribution in [0.5, 0.6) is 11.5 Å². The Hall–Kier alpha value is -2.86. The van der Waals surface area contributed by atoms with E-state index in [2.05, 4.69) is 5.32 Å². The van der Waals surface area contributed by atoms with Crippen molar-refractivity contribution in [3.05, 3.63) is 66.0 Å². The van der Waals surface area contributed by atoms with Crippen LogP contribution in [-0.2, 0) is 0 Å². The minimum atomic E-state index is -0.686. The predicted molar refractivity (Wildman–Crippen MR) is 98.7 cm³/mol. The van der Waals surface area contributed by atoms with E-state index in [1.165, 1.54) is 6.07 Å². The Morgan fingerprint density at radius 1 is 1.23 bits per heavy atom. The molecule has 0 aliphatic heterocycles. The average molecular weight is 358 g/mol. The SMILES string of the molecule is CC(C)(C)N(O)C(=O)NCC=Cc1ccc(F)c(Oc2ccccc2)c1. The summed E-state index contributed by atoms with van der Waals surface area (Å²) < 4.78 is 19.5. The number of carbonyl (C=O) groups excluding carboxylic acids is 1. The first-order valence-electron chi connectivity index (χ1n) is 8.23. The third-order valence-corrected chi connectivity index (χ3v) is 3.44. The van der Waals surface area contributed by atoms with Gasteiger partial charge in [0.15, 0.2) is 11.6 Å². The van der Waals surface area contributed by atoms with E-state index in [0.29, 0.717) is 10.8 Å². The molecule has 0 bridgehead atoms. The van der Waals surface area contributed by atoms with Crippen molar-refractivity contribution in [3.63, 3.8) is 0 Å². The lowest BCUT2D eigenvalue weighted by atomic mass is 10.1. The van der Waals surface area contributed by atoms with Gasteiger partial charge in [-0.05, 0) is 50.6 Å². The summed E-state index contributed by atoms with van der Waals surface area (Å²) in [5.74, 6) is 0.210. The van der Waals surface area contributed by atoms with E-state index >= 15 is 0 Å². The molecule has 0 saturated carbocycles. The molecule has 0 aliphatic carbocycles. The lowest BCUT2D eigenvalue weighted by Gasteiger charge is -2.28. The van der Waals surface area contributed by atoms with E-state index in [4.69, 9.17) is 4.74 Å². The smallest absolute Gasteiger partial charge is 0.341 e. The van der Waals surface area contributed by atoms with Crippen LogP contribution in [0.1, 0.15) is 26.3 Å². The zero-order valence-corrected chi connectivity index (χ0v) is 15.1. The number of halogens is 1. The van der Waals surface area contributed by atoms with E-state index in [-0.39, 0.29) is 12.3 Å². The highest BCUT2D eigenvalue weighted by Crippen LogP contribution is 2.25. The largest absolute Gasteiger partial charge is 0.454 e. The van der Waals surface area contributed by atoms with Crippen LogP contribution in [0.4, 0.5) is 9.18 Å². The second-order valence-electron chi connectivity index (χ2n) is 6.68. The second-order valence-corrected chi connectivity index (χ2v) is 6.68. The van der Waals surface area contributed by atoms with Gasteiger partial charge in [0.25, 0.3) is 0 Å². The van der Waals surface area contributed by atoms with Crippen LogP contribution < -0.4 is 10.1 Å². The average Bonchev–Trinajstić information content (AvgIpc) is 2.60. The zero-order valence-electron chi connectivity index (χ0n) is 15.1. The predicted octanol–water partition coefficient (Wildman–Crippen LogP) is 4.83. The molecule has 5 nitrogen and oxygen atoms in total. The maximum absolute atomic E-state index is 13.9. The summed E-state index contributed by atoms with van der Waals surface area (Å²) in [7, 11) is 0. The number of ether oxygens (including phenoxy) is 1. The Morgan fingerprint density at radius 3 is 2.58 bits per heavy atom. The first kappa shape index (κ1) is 19.5. The first-order chi connectivity index (χ1) is 12.3. The number of nitrogens with zero attached hydrogens (tertiary/aromatic N) is 1. The number of amides is 2. The quantitative estimate of drug-likeness (QED) is 0.594. The summed E-state index contributed by atoms with van der Waals surface area (Å²) in [5.41, 5.74) is 0.0392. The molecule has 0 atom stereocenters. The van der Waals surface area contributed by atoms with Gasteiger partial charge in [-0.3, -0.25) is 5.21 Å². The Kier molecular flexibility index (Phi) is 6.36.